The number of amides is 1. The van der Waals surface area contributed by atoms with Crippen molar-refractivity contribution in [1.29, 1.82) is 0 Å². The lowest BCUT2D eigenvalue weighted by Gasteiger charge is -2.13. The summed E-state index contributed by atoms with van der Waals surface area (Å²) in [5, 5.41) is 8.45. The fraction of sp³-hybridized carbons (Fsp3) is 0.263. The summed E-state index contributed by atoms with van der Waals surface area (Å²) in [6, 6.07) is 7.50. The lowest BCUT2D eigenvalue weighted by molar-refractivity contribution is 0.0954. The normalized spacial score (nSPS) is 10.8. The number of rotatable bonds is 6. The Morgan fingerprint density at radius 3 is 2.36 bits per heavy atom. The maximum absolute atomic E-state index is 13.6. The summed E-state index contributed by atoms with van der Waals surface area (Å²) in [6.07, 6.45) is 0. The molecule has 0 aliphatic carbocycles. The summed E-state index contributed by atoms with van der Waals surface area (Å²) in [5.74, 6) is -1.49. The van der Waals surface area contributed by atoms with Crippen LogP contribution in [0.1, 0.15) is 21.5 Å². The third-order valence-corrected chi connectivity index (χ3v) is 3.81. The second-order valence-electron chi connectivity index (χ2n) is 5.81. The van der Waals surface area contributed by atoms with Crippen LogP contribution in [-0.4, -0.2) is 32.0 Å². The number of aliphatic imine (C=N–C) groups is 1. The van der Waals surface area contributed by atoms with Crippen LogP contribution in [0.5, 0.6) is 0 Å². The van der Waals surface area contributed by atoms with Crippen molar-refractivity contribution in [3.63, 3.8) is 0 Å². The SMILES string of the molecule is CN=C(NCCNC(=O)c1ccc(C)c(F)c1)NCc1cc(F)ccc1F.I. The Hall–Kier alpha value is -2.30. The summed E-state index contributed by atoms with van der Waals surface area (Å²) >= 11 is 0. The third-order valence-electron chi connectivity index (χ3n) is 3.81. The molecule has 0 bridgehead atoms. The van der Waals surface area contributed by atoms with E-state index in [1.807, 2.05) is 0 Å². The number of nitrogens with one attached hydrogen (secondary N) is 3. The fourth-order valence-corrected chi connectivity index (χ4v) is 2.27. The van der Waals surface area contributed by atoms with Gasteiger partial charge in [0, 0.05) is 37.8 Å². The molecule has 0 aromatic heterocycles. The summed E-state index contributed by atoms with van der Waals surface area (Å²) in [7, 11) is 1.53. The molecule has 0 saturated carbocycles. The molecule has 0 radical (unpaired) electrons. The Morgan fingerprint density at radius 2 is 1.68 bits per heavy atom. The molecule has 5 nitrogen and oxygen atoms in total. The molecular formula is C19H22F3IN4O. The highest BCUT2D eigenvalue weighted by atomic mass is 127. The predicted octanol–water partition coefficient (Wildman–Crippen LogP) is 3.13. The first kappa shape index (κ1) is 23.7. The highest BCUT2D eigenvalue weighted by Gasteiger charge is 2.08. The molecule has 3 N–H and O–H groups in total. The van der Waals surface area contributed by atoms with Crippen LogP contribution in [0.2, 0.25) is 0 Å². The van der Waals surface area contributed by atoms with Gasteiger partial charge >= 0.3 is 0 Å². The van der Waals surface area contributed by atoms with Crippen LogP contribution in [0.15, 0.2) is 41.4 Å². The monoisotopic (exact) mass is 506 g/mol. The number of aryl methyl sites for hydroxylation is 1. The van der Waals surface area contributed by atoms with E-state index >= 15 is 0 Å². The van der Waals surface area contributed by atoms with E-state index in [2.05, 4.69) is 20.9 Å². The number of guanidine groups is 1. The standard InChI is InChI=1S/C19H21F3N4O.HI/c1-12-3-4-13(10-17(12)22)18(27)24-7-8-25-19(23-2)26-11-14-9-15(20)5-6-16(14)21;/h3-6,9-10H,7-8,11H2,1-2H3,(H,24,27)(H2,23,25,26);1H. The van der Waals surface area contributed by atoms with Gasteiger partial charge in [0.1, 0.15) is 17.5 Å². The highest BCUT2D eigenvalue weighted by Crippen LogP contribution is 2.09. The van der Waals surface area contributed by atoms with Crippen molar-refractivity contribution < 1.29 is 18.0 Å². The molecule has 0 saturated heterocycles. The van der Waals surface area contributed by atoms with Crippen molar-refractivity contribution in [2.45, 2.75) is 13.5 Å². The summed E-state index contributed by atoms with van der Waals surface area (Å²) in [6.45, 7) is 2.28. The smallest absolute Gasteiger partial charge is 0.251 e. The first-order valence-electron chi connectivity index (χ1n) is 8.33. The van der Waals surface area contributed by atoms with Gasteiger partial charge < -0.3 is 16.0 Å². The lowest BCUT2D eigenvalue weighted by Crippen LogP contribution is -2.41. The molecule has 2 rings (SSSR count). The molecule has 0 spiro atoms. The van der Waals surface area contributed by atoms with E-state index in [-0.39, 0.29) is 54.1 Å². The predicted molar refractivity (Wildman–Crippen MR) is 113 cm³/mol. The largest absolute Gasteiger partial charge is 0.355 e. The van der Waals surface area contributed by atoms with Crippen molar-refractivity contribution in [2.24, 2.45) is 4.99 Å². The zero-order chi connectivity index (χ0) is 19.8. The average Bonchev–Trinajstić information content (AvgIpc) is 2.65. The number of halogens is 4. The van der Waals surface area contributed by atoms with Crippen LogP contribution in [-0.2, 0) is 6.54 Å². The molecule has 1 amide bonds. The Morgan fingerprint density at radius 1 is 0.964 bits per heavy atom. The minimum atomic E-state index is -0.522. The van der Waals surface area contributed by atoms with Gasteiger partial charge in [0.25, 0.3) is 5.91 Å². The van der Waals surface area contributed by atoms with Gasteiger partial charge in [0.05, 0.1) is 0 Å². The Balaban J connectivity index is 0.00000392. The van der Waals surface area contributed by atoms with Crippen LogP contribution in [0.3, 0.4) is 0 Å². The number of benzene rings is 2. The van der Waals surface area contributed by atoms with E-state index in [0.717, 1.165) is 18.2 Å². The summed E-state index contributed by atoms with van der Waals surface area (Å²) in [4.78, 5) is 15.9. The van der Waals surface area contributed by atoms with Crippen LogP contribution in [0, 0.1) is 24.4 Å². The van der Waals surface area contributed by atoms with Gasteiger partial charge in [0.15, 0.2) is 5.96 Å². The van der Waals surface area contributed by atoms with Crippen molar-refractivity contribution in [2.75, 3.05) is 20.1 Å². The molecule has 2 aromatic carbocycles. The Labute approximate surface area is 178 Å². The third kappa shape index (κ3) is 7.02. The molecule has 2 aromatic rings. The van der Waals surface area contributed by atoms with Gasteiger partial charge in [-0.05, 0) is 42.8 Å². The summed E-state index contributed by atoms with van der Waals surface area (Å²) < 4.78 is 40.2. The number of hydrogen-bond donors (Lipinski definition) is 3. The maximum Gasteiger partial charge on any atom is 0.251 e. The van der Waals surface area contributed by atoms with Crippen LogP contribution >= 0.6 is 24.0 Å². The molecular weight excluding hydrogens is 484 g/mol. The first-order chi connectivity index (χ1) is 12.9. The van der Waals surface area contributed by atoms with E-state index in [9.17, 15) is 18.0 Å². The number of carbonyl (C=O) groups is 1. The van der Waals surface area contributed by atoms with Gasteiger partial charge in [-0.25, -0.2) is 13.2 Å². The highest BCUT2D eigenvalue weighted by molar-refractivity contribution is 14.0. The minimum Gasteiger partial charge on any atom is -0.355 e. The maximum atomic E-state index is 13.6. The Bertz CT molecular complexity index is 846. The average molecular weight is 506 g/mol. The van der Waals surface area contributed by atoms with Gasteiger partial charge in [-0.15, -0.1) is 24.0 Å². The molecule has 152 valence electrons. The van der Waals surface area contributed by atoms with Crippen molar-refractivity contribution >= 4 is 35.8 Å². The molecule has 0 heterocycles. The van der Waals surface area contributed by atoms with Crippen LogP contribution in [0.4, 0.5) is 13.2 Å². The number of hydrogen-bond acceptors (Lipinski definition) is 2. The summed E-state index contributed by atoms with van der Waals surface area (Å²) in [5.41, 5.74) is 0.882. The quantitative estimate of drug-likeness (QED) is 0.244. The van der Waals surface area contributed by atoms with E-state index in [4.69, 9.17) is 0 Å². The van der Waals surface area contributed by atoms with E-state index in [1.165, 1.54) is 13.1 Å². The molecule has 0 aliphatic heterocycles. The van der Waals surface area contributed by atoms with Crippen molar-refractivity contribution in [3.8, 4) is 0 Å². The van der Waals surface area contributed by atoms with Gasteiger partial charge in [-0.3, -0.25) is 9.79 Å². The number of nitrogens with zero attached hydrogens (tertiary/aromatic N) is 1. The van der Waals surface area contributed by atoms with Gasteiger partial charge in [-0.1, -0.05) is 6.07 Å². The zero-order valence-electron chi connectivity index (χ0n) is 15.5. The van der Waals surface area contributed by atoms with Crippen molar-refractivity contribution in [3.05, 3.63) is 70.5 Å². The lowest BCUT2D eigenvalue weighted by atomic mass is 10.1. The second-order valence-corrected chi connectivity index (χ2v) is 5.81. The first-order valence-corrected chi connectivity index (χ1v) is 8.33. The minimum absolute atomic E-state index is 0. The van der Waals surface area contributed by atoms with Crippen molar-refractivity contribution in [1.82, 2.24) is 16.0 Å². The van der Waals surface area contributed by atoms with E-state index in [0.29, 0.717) is 18.1 Å². The zero-order valence-corrected chi connectivity index (χ0v) is 17.8. The van der Waals surface area contributed by atoms with Crippen LogP contribution < -0.4 is 16.0 Å². The van der Waals surface area contributed by atoms with E-state index < -0.39 is 17.5 Å². The molecule has 0 aliphatic rings. The molecule has 9 heteroatoms. The van der Waals surface area contributed by atoms with Crippen LogP contribution in [0.25, 0.3) is 0 Å². The molecule has 0 unspecified atom stereocenters. The molecule has 28 heavy (non-hydrogen) atoms. The van der Waals surface area contributed by atoms with E-state index in [1.54, 1.807) is 19.1 Å². The molecule has 0 atom stereocenters. The Kier molecular flexibility index (Phi) is 9.77. The van der Waals surface area contributed by atoms with Gasteiger partial charge in [-0.2, -0.15) is 0 Å². The van der Waals surface area contributed by atoms with Gasteiger partial charge in [0.2, 0.25) is 0 Å². The second kappa shape index (κ2) is 11.5. The molecule has 0 fully saturated rings. The number of carbonyl (C=O) groups excluding carboxylic acids is 1. The topological polar surface area (TPSA) is 65.5 Å². The fourth-order valence-electron chi connectivity index (χ4n) is 2.27.